The Bertz CT molecular complexity index is 975. The smallest absolute Gasteiger partial charge is 0.251 e. The van der Waals surface area contributed by atoms with Gasteiger partial charge in [-0.3, -0.25) is 9.59 Å². The number of nitrogens with one attached hydrogen (secondary N) is 2. The molecule has 0 aromatic heterocycles. The first-order chi connectivity index (χ1) is 16.4. The molecule has 1 heterocycles. The molecular weight excluding hydrogens is 438 g/mol. The molecule has 0 spiro atoms. The zero-order valence-corrected chi connectivity index (χ0v) is 19.5. The Labute approximate surface area is 199 Å². The van der Waals surface area contributed by atoms with Gasteiger partial charge in [0.1, 0.15) is 17.7 Å². The van der Waals surface area contributed by atoms with Crippen molar-refractivity contribution in [2.75, 3.05) is 39.8 Å². The Balaban J connectivity index is 1.30. The molecule has 4 rings (SSSR count). The quantitative estimate of drug-likeness (QED) is 0.554. The van der Waals surface area contributed by atoms with Crippen LogP contribution in [0, 0.1) is 11.6 Å². The molecule has 2 aliphatic rings. The van der Waals surface area contributed by atoms with E-state index in [1.165, 1.54) is 36.4 Å². The number of benzene rings is 2. The van der Waals surface area contributed by atoms with Crippen LogP contribution in [0.25, 0.3) is 0 Å². The largest absolute Gasteiger partial charge is 0.340 e. The summed E-state index contributed by atoms with van der Waals surface area (Å²) in [6.07, 6.45) is 2.25. The summed E-state index contributed by atoms with van der Waals surface area (Å²) in [4.78, 5) is 29.9. The van der Waals surface area contributed by atoms with Crippen molar-refractivity contribution in [3.63, 3.8) is 0 Å². The monoisotopic (exact) mass is 470 g/mol. The van der Waals surface area contributed by atoms with Gasteiger partial charge in [0.05, 0.1) is 0 Å². The van der Waals surface area contributed by atoms with Crippen molar-refractivity contribution in [2.45, 2.75) is 37.3 Å². The van der Waals surface area contributed by atoms with Crippen molar-refractivity contribution in [1.29, 1.82) is 0 Å². The fourth-order valence-electron chi connectivity index (χ4n) is 4.44. The number of rotatable bonds is 9. The number of carbonyl (C=O) groups excluding carboxylic acids is 2. The highest BCUT2D eigenvalue weighted by Crippen LogP contribution is 2.40. The summed E-state index contributed by atoms with van der Waals surface area (Å²) in [6, 6.07) is 11.7. The van der Waals surface area contributed by atoms with E-state index >= 15 is 0 Å². The third-order valence-electron chi connectivity index (χ3n) is 6.69. The number of likely N-dealkylation sites (N-methyl/N-ethyl adjacent to an activating group) is 1. The minimum atomic E-state index is -0.630. The third-order valence-corrected chi connectivity index (χ3v) is 6.69. The van der Waals surface area contributed by atoms with Gasteiger partial charge in [0, 0.05) is 43.7 Å². The van der Waals surface area contributed by atoms with Crippen LogP contribution >= 0.6 is 0 Å². The number of nitrogens with zero attached hydrogens (tertiary/aromatic N) is 2. The molecule has 0 unspecified atom stereocenters. The molecule has 2 amide bonds. The van der Waals surface area contributed by atoms with E-state index in [2.05, 4.69) is 15.5 Å². The Morgan fingerprint density at radius 2 is 1.59 bits per heavy atom. The summed E-state index contributed by atoms with van der Waals surface area (Å²) >= 11 is 0. The highest BCUT2D eigenvalue weighted by atomic mass is 19.1. The maximum Gasteiger partial charge on any atom is 0.251 e. The number of hydrogen-bond acceptors (Lipinski definition) is 4. The second-order valence-corrected chi connectivity index (χ2v) is 9.26. The molecule has 1 saturated heterocycles. The van der Waals surface area contributed by atoms with Gasteiger partial charge in [0.2, 0.25) is 5.91 Å². The molecule has 34 heavy (non-hydrogen) atoms. The van der Waals surface area contributed by atoms with E-state index in [4.69, 9.17) is 0 Å². The Morgan fingerprint density at radius 3 is 2.24 bits per heavy atom. The van der Waals surface area contributed by atoms with Crippen LogP contribution in [-0.4, -0.2) is 73.5 Å². The van der Waals surface area contributed by atoms with Gasteiger partial charge in [-0.2, -0.15) is 0 Å². The van der Waals surface area contributed by atoms with Crippen LogP contribution in [0.15, 0.2) is 48.5 Å². The molecule has 3 atom stereocenters. The molecule has 2 N–H and O–H groups in total. The molecule has 0 radical (unpaired) electrons. The van der Waals surface area contributed by atoms with Crippen molar-refractivity contribution in [3.05, 3.63) is 71.3 Å². The zero-order valence-electron chi connectivity index (χ0n) is 19.5. The van der Waals surface area contributed by atoms with E-state index in [1.807, 2.05) is 24.1 Å². The average Bonchev–Trinajstić information content (AvgIpc) is 3.61. The minimum absolute atomic E-state index is 0.0702. The third kappa shape index (κ3) is 6.39. The topological polar surface area (TPSA) is 64.7 Å². The van der Waals surface area contributed by atoms with E-state index in [0.717, 1.165) is 38.0 Å². The Morgan fingerprint density at radius 1 is 0.971 bits per heavy atom. The highest BCUT2D eigenvalue weighted by Gasteiger charge is 2.37. The van der Waals surface area contributed by atoms with Crippen LogP contribution in [-0.2, 0) is 4.79 Å². The predicted octanol–water partition coefficient (Wildman–Crippen LogP) is 2.76. The van der Waals surface area contributed by atoms with Crippen molar-refractivity contribution >= 4 is 11.8 Å². The molecule has 0 bridgehead atoms. The van der Waals surface area contributed by atoms with Crippen LogP contribution in [0.2, 0.25) is 0 Å². The SMILES string of the molecule is CN1CCN(C(=O)[C@H](CCCN[C@H]2C[C@@H]2c2ccc(F)cc2)NC(=O)c2ccc(F)cc2)CC1. The van der Waals surface area contributed by atoms with Crippen LogP contribution in [0.4, 0.5) is 8.78 Å². The summed E-state index contributed by atoms with van der Waals surface area (Å²) in [5.41, 5.74) is 1.46. The molecule has 6 nitrogen and oxygen atoms in total. The van der Waals surface area contributed by atoms with Crippen molar-refractivity contribution in [2.24, 2.45) is 0 Å². The number of hydrogen-bond donors (Lipinski definition) is 2. The van der Waals surface area contributed by atoms with Gasteiger partial charge in [-0.25, -0.2) is 8.78 Å². The van der Waals surface area contributed by atoms with E-state index in [9.17, 15) is 18.4 Å². The number of halogens is 2. The van der Waals surface area contributed by atoms with Gasteiger partial charge in [0.15, 0.2) is 0 Å². The van der Waals surface area contributed by atoms with Gasteiger partial charge in [-0.1, -0.05) is 12.1 Å². The van der Waals surface area contributed by atoms with E-state index in [-0.39, 0.29) is 17.6 Å². The summed E-state index contributed by atoms with van der Waals surface area (Å²) in [5.74, 6) is -0.695. The lowest BCUT2D eigenvalue weighted by Crippen LogP contribution is -2.54. The molecule has 8 heteroatoms. The maximum atomic E-state index is 13.2. The van der Waals surface area contributed by atoms with E-state index < -0.39 is 11.9 Å². The molecule has 1 saturated carbocycles. The zero-order chi connectivity index (χ0) is 24.1. The molecule has 182 valence electrons. The van der Waals surface area contributed by atoms with Crippen LogP contribution < -0.4 is 10.6 Å². The molecule has 1 aliphatic heterocycles. The van der Waals surface area contributed by atoms with Gasteiger partial charge < -0.3 is 20.4 Å². The fourth-order valence-corrected chi connectivity index (χ4v) is 4.44. The first-order valence-corrected chi connectivity index (χ1v) is 11.9. The highest BCUT2D eigenvalue weighted by molar-refractivity contribution is 5.97. The van der Waals surface area contributed by atoms with E-state index in [0.29, 0.717) is 37.0 Å². The molecule has 2 fully saturated rings. The summed E-state index contributed by atoms with van der Waals surface area (Å²) < 4.78 is 26.4. The fraction of sp³-hybridized carbons (Fsp3) is 0.462. The second kappa shape index (κ2) is 11.1. The predicted molar refractivity (Wildman–Crippen MR) is 127 cm³/mol. The van der Waals surface area contributed by atoms with Crippen LogP contribution in [0.3, 0.4) is 0 Å². The lowest BCUT2D eigenvalue weighted by Gasteiger charge is -2.34. The van der Waals surface area contributed by atoms with Crippen molar-refractivity contribution in [3.8, 4) is 0 Å². The van der Waals surface area contributed by atoms with Crippen molar-refractivity contribution < 1.29 is 18.4 Å². The summed E-state index contributed by atoms with van der Waals surface area (Å²) in [5, 5.41) is 6.39. The average molecular weight is 471 g/mol. The van der Waals surface area contributed by atoms with Crippen LogP contribution in [0.5, 0.6) is 0 Å². The summed E-state index contributed by atoms with van der Waals surface area (Å²) in [7, 11) is 2.03. The van der Waals surface area contributed by atoms with Gasteiger partial charge in [0.25, 0.3) is 5.91 Å². The first kappa shape index (κ1) is 24.3. The second-order valence-electron chi connectivity index (χ2n) is 9.26. The standard InChI is InChI=1S/C26H32F2N4O2/c1-31-13-15-32(16-14-31)26(34)23(30-25(33)19-6-10-21(28)11-7-19)3-2-12-29-24-17-22(24)18-4-8-20(27)9-5-18/h4-11,22-24,29H,2-3,12-17H2,1H3,(H,30,33)/t22-,23+,24+/m1/s1. The Hall–Kier alpha value is -2.84. The van der Waals surface area contributed by atoms with Gasteiger partial charge >= 0.3 is 0 Å². The molecule has 1 aliphatic carbocycles. The lowest BCUT2D eigenvalue weighted by molar-refractivity contribution is -0.135. The molecule has 2 aromatic rings. The number of carbonyl (C=O) groups is 2. The Kier molecular flexibility index (Phi) is 7.90. The molecule has 2 aromatic carbocycles. The normalized spacial score (nSPS) is 21.2. The maximum absolute atomic E-state index is 13.2. The number of amides is 2. The molecular formula is C26H32F2N4O2. The lowest BCUT2D eigenvalue weighted by atomic mass is 10.1. The number of piperazine rings is 1. The minimum Gasteiger partial charge on any atom is -0.340 e. The van der Waals surface area contributed by atoms with Gasteiger partial charge in [-0.05, 0) is 74.8 Å². The summed E-state index contributed by atoms with van der Waals surface area (Å²) in [6.45, 7) is 3.61. The first-order valence-electron chi connectivity index (χ1n) is 11.9. The van der Waals surface area contributed by atoms with E-state index in [1.54, 1.807) is 0 Å². The van der Waals surface area contributed by atoms with Gasteiger partial charge in [-0.15, -0.1) is 0 Å². The van der Waals surface area contributed by atoms with Crippen molar-refractivity contribution in [1.82, 2.24) is 20.4 Å². The van der Waals surface area contributed by atoms with Crippen LogP contribution in [0.1, 0.15) is 41.1 Å².